The molecular weight excluding hydrogens is 915 g/mol. The molecule has 16 heteroatoms. The maximum absolute atomic E-state index is 14.2. The average molecular weight is 951 g/mol. The summed E-state index contributed by atoms with van der Waals surface area (Å²) in [4.78, 5) is 12.7. The lowest BCUT2D eigenvalue weighted by atomic mass is 9.78. The van der Waals surface area contributed by atoms with Crippen LogP contribution in [0, 0.1) is 40.3 Å². The molecule has 0 saturated carbocycles. The number of hydrogen-bond acceptors (Lipinski definition) is 4. The monoisotopic (exact) mass is 948 g/mol. The second-order valence-electron chi connectivity index (χ2n) is 13.8. The number of rotatable bonds is 2. The number of aryl methyl sites for hydroxylation is 2. The van der Waals surface area contributed by atoms with Gasteiger partial charge in [-0.15, -0.1) is 0 Å². The van der Waals surface area contributed by atoms with Gasteiger partial charge < -0.3 is 23.4 Å². The van der Waals surface area contributed by atoms with Gasteiger partial charge in [-0.1, -0.05) is 47.8 Å². The van der Waals surface area contributed by atoms with Crippen LogP contribution in [-0.4, -0.2) is 37.4 Å². The molecule has 0 radical (unpaired) electrons. The van der Waals surface area contributed by atoms with E-state index in [1.165, 1.54) is 37.3 Å². The summed E-state index contributed by atoms with van der Waals surface area (Å²) in [5, 5.41) is 12.3. The largest absolute Gasteiger partial charge is 0.495 e. The number of nitro benzene ring substituents is 1. The first-order valence-electron chi connectivity index (χ1n) is 16.7. The normalized spacial score (nSPS) is 14.3. The first kappa shape index (κ1) is 42.2. The van der Waals surface area contributed by atoms with Crippen molar-refractivity contribution in [3.05, 3.63) is 138 Å². The van der Waals surface area contributed by atoms with Gasteiger partial charge in [-0.05, 0) is 101 Å². The molecule has 55 heavy (non-hydrogen) atoms. The zero-order valence-electron chi connectivity index (χ0n) is 30.8. The van der Waals surface area contributed by atoms with Crippen molar-refractivity contribution in [3.8, 4) is 0 Å². The fourth-order valence-electron chi connectivity index (χ4n) is 5.67. The number of nitro groups is 1. The molecule has 1 saturated heterocycles. The van der Waals surface area contributed by atoms with E-state index < -0.39 is 29.1 Å². The number of nitrogens with zero attached hydrogens (tertiary/aromatic N) is 3. The summed E-state index contributed by atoms with van der Waals surface area (Å²) in [6, 6.07) is 17.9. The molecule has 1 fully saturated rings. The lowest BCUT2D eigenvalue weighted by Crippen LogP contribution is -2.41. The Morgan fingerprint density at radius 3 is 1.73 bits per heavy atom. The van der Waals surface area contributed by atoms with Crippen molar-refractivity contribution >= 4 is 98.8 Å². The second-order valence-corrected chi connectivity index (χ2v) is 16.6. The Morgan fingerprint density at radius 2 is 1.16 bits per heavy atom. The van der Waals surface area contributed by atoms with Crippen molar-refractivity contribution in [2.75, 3.05) is 0 Å². The summed E-state index contributed by atoms with van der Waals surface area (Å²) >= 11 is 9.43. The van der Waals surface area contributed by atoms with Gasteiger partial charge in [0.05, 0.1) is 32.7 Å². The van der Waals surface area contributed by atoms with Gasteiger partial charge in [0.1, 0.15) is 23.3 Å². The van der Waals surface area contributed by atoms with Crippen molar-refractivity contribution in [1.82, 2.24) is 14.1 Å². The number of fused-ring (bicyclic) bond motifs is 3. The van der Waals surface area contributed by atoms with Crippen LogP contribution in [0.3, 0.4) is 0 Å². The Hall–Kier alpha value is -3.96. The number of aromatic nitrogens is 3. The van der Waals surface area contributed by atoms with Crippen LogP contribution in [-0.2, 0) is 23.4 Å². The average Bonchev–Trinajstić information content (AvgIpc) is 3.86. The molecule has 0 aliphatic carbocycles. The molecule has 4 aromatic carbocycles. The van der Waals surface area contributed by atoms with E-state index in [4.69, 9.17) is 9.31 Å². The molecule has 4 heterocycles. The van der Waals surface area contributed by atoms with E-state index in [9.17, 15) is 27.7 Å². The smallest absolute Gasteiger partial charge is 0.399 e. The number of benzene rings is 4. The highest BCUT2D eigenvalue weighted by Gasteiger charge is 2.51. The Morgan fingerprint density at radius 1 is 0.691 bits per heavy atom. The molecule has 8 rings (SSSR count). The molecule has 0 spiro atoms. The summed E-state index contributed by atoms with van der Waals surface area (Å²) in [6.07, 6.45) is 5.42. The van der Waals surface area contributed by atoms with Gasteiger partial charge in [-0.3, -0.25) is 10.1 Å². The SMILES string of the molecule is Cc1c(F)cc(Br)cc1[N+](=O)[O-].Cn1ccc2c(F)cc(B3OC(C)(C)C(C)(C)O3)cc21.Cn1ccc2c(F)cc(Br)cc21.Fc1cc(Br)cc2[nH]ccc12. The standard InChI is InChI=1S/C15H19BFNO2.C9H7BrFN.C8H5BrFN.C7H5BrFNO2/c1-14(2)15(3,4)20-16(19-14)10-8-12(17)11-6-7-18(5)13(11)9-10;1-12-3-2-7-8(11)4-6(10)5-9(7)12;9-5-3-7(10)6-1-2-11-8(6)4-5;1-4-6(9)2-5(8)3-7(4)10(11)12/h6-9H,1-5H3;2-5H,1H3;1-4,11H;2-3H,1H3. The van der Waals surface area contributed by atoms with Crippen LogP contribution < -0.4 is 5.46 Å². The van der Waals surface area contributed by atoms with Crippen LogP contribution in [0.25, 0.3) is 32.7 Å². The van der Waals surface area contributed by atoms with Crippen LogP contribution in [0.5, 0.6) is 0 Å². The Labute approximate surface area is 340 Å². The Bertz CT molecular complexity index is 2520. The molecule has 0 bridgehead atoms. The Kier molecular flexibility index (Phi) is 12.8. The van der Waals surface area contributed by atoms with E-state index in [-0.39, 0.29) is 28.7 Å². The van der Waals surface area contributed by atoms with Gasteiger partial charge in [-0.2, -0.15) is 0 Å². The Balaban J connectivity index is 0.000000146. The maximum atomic E-state index is 14.2. The number of H-pyrrole nitrogens is 1. The molecule has 1 aliphatic heterocycles. The zero-order chi connectivity index (χ0) is 40.6. The summed E-state index contributed by atoms with van der Waals surface area (Å²) in [6.45, 7) is 9.34. The van der Waals surface area contributed by atoms with Crippen LogP contribution in [0.15, 0.2) is 98.7 Å². The molecular formula is C39H36BBr3F4N4O4. The van der Waals surface area contributed by atoms with E-state index in [1.54, 1.807) is 24.4 Å². The summed E-state index contributed by atoms with van der Waals surface area (Å²) in [5.41, 5.74) is 2.29. The summed E-state index contributed by atoms with van der Waals surface area (Å²) < 4.78 is 70.9. The van der Waals surface area contributed by atoms with E-state index in [0.29, 0.717) is 20.6 Å². The van der Waals surface area contributed by atoms with Gasteiger partial charge >= 0.3 is 7.12 Å². The van der Waals surface area contributed by atoms with Gasteiger partial charge in [0, 0.05) is 73.8 Å². The summed E-state index contributed by atoms with van der Waals surface area (Å²) in [5.74, 6) is -1.19. The second kappa shape index (κ2) is 16.6. The minimum absolute atomic E-state index is 0.0585. The number of hydrogen-bond donors (Lipinski definition) is 1. The van der Waals surface area contributed by atoms with Crippen molar-refractivity contribution in [2.24, 2.45) is 14.1 Å². The maximum Gasteiger partial charge on any atom is 0.495 e. The lowest BCUT2D eigenvalue weighted by molar-refractivity contribution is -0.385. The molecule has 0 atom stereocenters. The molecule has 0 unspecified atom stereocenters. The topological polar surface area (TPSA) is 87.2 Å². The van der Waals surface area contributed by atoms with Gasteiger partial charge in [0.25, 0.3) is 5.69 Å². The first-order chi connectivity index (χ1) is 25.7. The minimum Gasteiger partial charge on any atom is -0.399 e. The van der Waals surface area contributed by atoms with Crippen LogP contribution in [0.2, 0.25) is 0 Å². The van der Waals surface area contributed by atoms with Crippen molar-refractivity contribution in [3.63, 3.8) is 0 Å². The molecule has 7 aromatic rings. The van der Waals surface area contributed by atoms with Gasteiger partial charge in [-0.25, -0.2) is 17.6 Å². The zero-order valence-corrected chi connectivity index (χ0v) is 35.5. The molecule has 1 N–H and O–H groups in total. The highest BCUT2D eigenvalue weighted by atomic mass is 79.9. The number of nitrogens with one attached hydrogen (secondary N) is 1. The van der Waals surface area contributed by atoms with Crippen molar-refractivity contribution in [1.29, 1.82) is 0 Å². The van der Waals surface area contributed by atoms with Crippen molar-refractivity contribution in [2.45, 2.75) is 45.8 Å². The fraction of sp³-hybridized carbons (Fsp3) is 0.231. The van der Waals surface area contributed by atoms with Gasteiger partial charge in [0.15, 0.2) is 0 Å². The molecule has 1 aliphatic rings. The highest BCUT2D eigenvalue weighted by molar-refractivity contribution is 9.11. The number of halogens is 7. The molecule has 8 nitrogen and oxygen atoms in total. The van der Waals surface area contributed by atoms with E-state index in [2.05, 4.69) is 52.8 Å². The third-order valence-electron chi connectivity index (χ3n) is 9.48. The predicted octanol–water partition coefficient (Wildman–Crippen LogP) is 11.6. The first-order valence-corrected chi connectivity index (χ1v) is 19.1. The van der Waals surface area contributed by atoms with E-state index in [0.717, 1.165) is 31.0 Å². The van der Waals surface area contributed by atoms with Crippen LogP contribution >= 0.6 is 47.8 Å². The van der Waals surface area contributed by atoms with Gasteiger partial charge in [0.2, 0.25) is 0 Å². The minimum atomic E-state index is -0.608. The third kappa shape index (κ3) is 9.37. The quantitative estimate of drug-likeness (QED) is 0.0809. The van der Waals surface area contributed by atoms with E-state index in [1.807, 2.05) is 81.5 Å². The fourth-order valence-corrected chi connectivity index (χ4v) is 6.93. The third-order valence-corrected chi connectivity index (χ3v) is 10.9. The lowest BCUT2D eigenvalue weighted by Gasteiger charge is -2.32. The summed E-state index contributed by atoms with van der Waals surface area (Å²) in [7, 11) is 3.26. The molecule has 3 aromatic heterocycles. The van der Waals surface area contributed by atoms with Crippen molar-refractivity contribution < 1.29 is 31.8 Å². The molecule has 0 amide bonds. The highest BCUT2D eigenvalue weighted by Crippen LogP contribution is 2.37. The predicted molar refractivity (Wildman–Crippen MR) is 221 cm³/mol. The molecule has 288 valence electrons. The van der Waals surface area contributed by atoms with E-state index >= 15 is 0 Å². The number of aromatic amines is 1. The van der Waals surface area contributed by atoms with Crippen LogP contribution in [0.4, 0.5) is 23.2 Å². The van der Waals surface area contributed by atoms with Crippen LogP contribution in [0.1, 0.15) is 33.3 Å².